The fraction of sp³-hybridized carbons (Fsp3) is 0.538. The lowest BCUT2D eigenvalue weighted by molar-refractivity contribution is 0.769. The Morgan fingerprint density at radius 3 is 2.86 bits per heavy atom. The Bertz CT molecular complexity index is 317. The van der Waals surface area contributed by atoms with Crippen molar-refractivity contribution in [2.45, 2.75) is 44.4 Å². The van der Waals surface area contributed by atoms with Gasteiger partial charge in [0, 0.05) is 0 Å². The normalized spacial score (nSPS) is 16.7. The highest BCUT2D eigenvalue weighted by atomic mass is 35.5. The van der Waals surface area contributed by atoms with E-state index in [1.54, 1.807) is 0 Å². The molecular weight excluding hydrogens is 192 g/mol. The fourth-order valence-electron chi connectivity index (χ4n) is 2.21. The van der Waals surface area contributed by atoms with Crippen molar-refractivity contribution in [1.29, 1.82) is 0 Å². The molecule has 0 N–H and O–H groups in total. The van der Waals surface area contributed by atoms with Crippen LogP contribution >= 0.6 is 11.6 Å². The maximum Gasteiger partial charge on any atom is 0.0585 e. The Hall–Kier alpha value is -0.490. The van der Waals surface area contributed by atoms with Crippen molar-refractivity contribution in [1.82, 2.24) is 0 Å². The van der Waals surface area contributed by atoms with Gasteiger partial charge in [-0.3, -0.25) is 0 Å². The molecule has 0 amide bonds. The lowest BCUT2D eigenvalue weighted by atomic mass is 10.0. The average Bonchev–Trinajstić information content (AvgIpc) is 2.64. The third kappa shape index (κ3) is 1.95. The molecule has 14 heavy (non-hydrogen) atoms. The summed E-state index contributed by atoms with van der Waals surface area (Å²) in [6.07, 6.45) is 6.07. The molecule has 1 aliphatic rings. The van der Waals surface area contributed by atoms with Crippen LogP contribution in [-0.2, 0) is 12.8 Å². The summed E-state index contributed by atoms with van der Waals surface area (Å²) >= 11 is 6.31. The smallest absolute Gasteiger partial charge is 0.0585 e. The largest absolute Gasteiger partial charge is 0.118 e. The summed E-state index contributed by atoms with van der Waals surface area (Å²) in [6.45, 7) is 2.18. The number of hydrogen-bond donors (Lipinski definition) is 0. The first-order chi connectivity index (χ1) is 6.81. The van der Waals surface area contributed by atoms with Crippen LogP contribution in [0, 0.1) is 0 Å². The SMILES string of the molecule is CCCC(Cl)c1ccc2c(c1)CCC2. The van der Waals surface area contributed by atoms with Crippen molar-refractivity contribution < 1.29 is 0 Å². The number of fused-ring (bicyclic) bond motifs is 1. The number of alkyl halides is 1. The summed E-state index contributed by atoms with van der Waals surface area (Å²) in [7, 11) is 0. The first-order valence-electron chi connectivity index (χ1n) is 5.57. The first-order valence-corrected chi connectivity index (χ1v) is 6.00. The molecule has 2 rings (SSSR count). The minimum Gasteiger partial charge on any atom is -0.118 e. The molecule has 0 spiro atoms. The highest BCUT2D eigenvalue weighted by Crippen LogP contribution is 2.30. The maximum absolute atomic E-state index is 6.31. The van der Waals surface area contributed by atoms with Crippen molar-refractivity contribution in [2.75, 3.05) is 0 Å². The number of aryl methyl sites for hydroxylation is 2. The van der Waals surface area contributed by atoms with Gasteiger partial charge in [0.1, 0.15) is 0 Å². The van der Waals surface area contributed by atoms with Crippen LogP contribution in [0.15, 0.2) is 18.2 Å². The molecule has 1 unspecified atom stereocenters. The second-order valence-electron chi connectivity index (χ2n) is 4.14. The van der Waals surface area contributed by atoms with Crippen LogP contribution in [0.4, 0.5) is 0 Å². The summed E-state index contributed by atoms with van der Waals surface area (Å²) in [5.41, 5.74) is 4.38. The van der Waals surface area contributed by atoms with Gasteiger partial charge in [-0.2, -0.15) is 0 Å². The Morgan fingerprint density at radius 2 is 2.07 bits per heavy atom. The van der Waals surface area contributed by atoms with E-state index in [4.69, 9.17) is 11.6 Å². The highest BCUT2D eigenvalue weighted by Gasteiger charge is 2.13. The van der Waals surface area contributed by atoms with Gasteiger partial charge in [-0.15, -0.1) is 11.6 Å². The van der Waals surface area contributed by atoms with Crippen molar-refractivity contribution in [3.8, 4) is 0 Å². The van der Waals surface area contributed by atoms with E-state index in [1.165, 1.54) is 36.0 Å². The van der Waals surface area contributed by atoms with Crippen LogP contribution in [-0.4, -0.2) is 0 Å². The number of rotatable bonds is 3. The molecule has 0 bridgehead atoms. The van der Waals surface area contributed by atoms with Crippen LogP contribution in [0.5, 0.6) is 0 Å². The molecule has 0 aromatic heterocycles. The third-order valence-electron chi connectivity index (χ3n) is 3.03. The number of hydrogen-bond acceptors (Lipinski definition) is 0. The first kappa shape index (κ1) is 10.0. The molecule has 0 heterocycles. The van der Waals surface area contributed by atoms with Crippen molar-refractivity contribution in [2.24, 2.45) is 0 Å². The van der Waals surface area contributed by atoms with Gasteiger partial charge in [0.25, 0.3) is 0 Å². The minimum atomic E-state index is 0.214. The molecule has 0 fully saturated rings. The van der Waals surface area contributed by atoms with E-state index in [0.29, 0.717) is 0 Å². The van der Waals surface area contributed by atoms with Crippen LogP contribution in [0.25, 0.3) is 0 Å². The second kappa shape index (κ2) is 4.35. The number of halogens is 1. The standard InChI is InChI=1S/C13H17Cl/c1-2-4-13(14)12-8-7-10-5-3-6-11(10)9-12/h7-9,13H,2-6H2,1H3. The zero-order chi connectivity index (χ0) is 9.97. The molecule has 0 aliphatic heterocycles. The van der Waals surface area contributed by atoms with Gasteiger partial charge < -0.3 is 0 Å². The molecule has 1 aromatic rings. The van der Waals surface area contributed by atoms with Gasteiger partial charge in [0.05, 0.1) is 5.38 Å². The van der Waals surface area contributed by atoms with E-state index in [-0.39, 0.29) is 5.38 Å². The van der Waals surface area contributed by atoms with E-state index in [1.807, 2.05) is 0 Å². The molecule has 1 atom stereocenters. The average molecular weight is 209 g/mol. The lowest BCUT2D eigenvalue weighted by Gasteiger charge is -2.10. The lowest BCUT2D eigenvalue weighted by Crippen LogP contribution is -1.92. The third-order valence-corrected chi connectivity index (χ3v) is 3.50. The van der Waals surface area contributed by atoms with Gasteiger partial charge in [-0.1, -0.05) is 31.5 Å². The summed E-state index contributed by atoms with van der Waals surface area (Å²) in [5, 5.41) is 0.214. The van der Waals surface area contributed by atoms with Gasteiger partial charge in [0.15, 0.2) is 0 Å². The van der Waals surface area contributed by atoms with E-state index in [2.05, 4.69) is 25.1 Å². The van der Waals surface area contributed by atoms with Crippen molar-refractivity contribution >= 4 is 11.6 Å². The van der Waals surface area contributed by atoms with Crippen LogP contribution in [0.3, 0.4) is 0 Å². The van der Waals surface area contributed by atoms with E-state index < -0.39 is 0 Å². The Balaban J connectivity index is 2.19. The molecule has 0 saturated carbocycles. The van der Waals surface area contributed by atoms with Crippen molar-refractivity contribution in [3.05, 3.63) is 34.9 Å². The molecule has 1 aliphatic carbocycles. The van der Waals surface area contributed by atoms with E-state index in [9.17, 15) is 0 Å². The predicted octanol–water partition coefficient (Wildman–Crippen LogP) is 4.26. The van der Waals surface area contributed by atoms with Crippen LogP contribution < -0.4 is 0 Å². The van der Waals surface area contributed by atoms with Gasteiger partial charge in [-0.25, -0.2) is 0 Å². The summed E-state index contributed by atoms with van der Waals surface area (Å²) in [6, 6.07) is 6.79. The Kier molecular flexibility index (Phi) is 3.12. The van der Waals surface area contributed by atoms with Gasteiger partial charge >= 0.3 is 0 Å². The van der Waals surface area contributed by atoms with Gasteiger partial charge in [-0.05, 0) is 42.4 Å². The molecule has 0 radical (unpaired) electrons. The van der Waals surface area contributed by atoms with E-state index >= 15 is 0 Å². The quantitative estimate of drug-likeness (QED) is 0.652. The highest BCUT2D eigenvalue weighted by molar-refractivity contribution is 6.20. The monoisotopic (exact) mass is 208 g/mol. The molecule has 1 aromatic carbocycles. The van der Waals surface area contributed by atoms with Crippen LogP contribution in [0.1, 0.15) is 48.3 Å². The summed E-state index contributed by atoms with van der Waals surface area (Å²) in [4.78, 5) is 0. The molecule has 1 heteroatoms. The zero-order valence-electron chi connectivity index (χ0n) is 8.72. The Morgan fingerprint density at radius 1 is 1.29 bits per heavy atom. The van der Waals surface area contributed by atoms with Gasteiger partial charge in [0.2, 0.25) is 0 Å². The van der Waals surface area contributed by atoms with Crippen molar-refractivity contribution in [3.63, 3.8) is 0 Å². The fourth-order valence-corrected chi connectivity index (χ4v) is 2.56. The molecular formula is C13H17Cl. The van der Waals surface area contributed by atoms with E-state index in [0.717, 1.165) is 12.8 Å². The zero-order valence-corrected chi connectivity index (χ0v) is 9.48. The molecule has 0 nitrogen and oxygen atoms in total. The molecule has 76 valence electrons. The predicted molar refractivity (Wildman–Crippen MR) is 62.0 cm³/mol. The summed E-state index contributed by atoms with van der Waals surface area (Å²) in [5.74, 6) is 0. The topological polar surface area (TPSA) is 0 Å². The summed E-state index contributed by atoms with van der Waals surface area (Å²) < 4.78 is 0. The van der Waals surface area contributed by atoms with Crippen LogP contribution in [0.2, 0.25) is 0 Å². The Labute approximate surface area is 91.3 Å². The second-order valence-corrected chi connectivity index (χ2v) is 4.66. The maximum atomic E-state index is 6.31. The minimum absolute atomic E-state index is 0.214. The molecule has 0 saturated heterocycles. The number of benzene rings is 1.